The molecule has 4 N–H and O–H groups in total. The number of aliphatic hydroxyl groups is 3. The highest BCUT2D eigenvalue weighted by molar-refractivity contribution is 5.92. The van der Waals surface area contributed by atoms with E-state index in [1.54, 1.807) is 37.5 Å². The first-order valence-corrected chi connectivity index (χ1v) is 6.06. The van der Waals surface area contributed by atoms with E-state index in [0.717, 1.165) is 5.56 Å². The molecule has 0 aliphatic rings. The topological polar surface area (TPSA) is 99.0 Å². The summed E-state index contributed by atoms with van der Waals surface area (Å²) in [5.74, 6) is 0.199. The van der Waals surface area contributed by atoms with Crippen LogP contribution in [0.4, 0.5) is 0 Å². The third-order valence-corrected chi connectivity index (χ3v) is 2.84. The van der Waals surface area contributed by atoms with Gasteiger partial charge >= 0.3 is 0 Å². The molecule has 110 valence electrons. The molecule has 0 saturated heterocycles. The lowest BCUT2D eigenvalue weighted by Gasteiger charge is -2.27. The minimum absolute atomic E-state index is 0.516. The lowest BCUT2D eigenvalue weighted by molar-refractivity contribution is -0.120. The number of aliphatic hydroxyl groups excluding tert-OH is 3. The smallest absolute Gasteiger partial charge is 0.244 e. The SMILES string of the molecule is COc1ccc(C=CC(=O)NC(CO)(CO)CO)cc1. The molecular weight excluding hydrogens is 262 g/mol. The summed E-state index contributed by atoms with van der Waals surface area (Å²) in [6.45, 7) is -1.66. The Morgan fingerprint density at radius 3 is 2.20 bits per heavy atom. The number of carbonyl (C=O) groups is 1. The largest absolute Gasteiger partial charge is 0.497 e. The van der Waals surface area contributed by atoms with Crippen molar-refractivity contribution < 1.29 is 24.9 Å². The van der Waals surface area contributed by atoms with E-state index in [2.05, 4.69) is 5.32 Å². The molecule has 0 aromatic heterocycles. The van der Waals surface area contributed by atoms with Crippen LogP contribution in [0.1, 0.15) is 5.56 Å². The van der Waals surface area contributed by atoms with Gasteiger partial charge in [0.25, 0.3) is 0 Å². The van der Waals surface area contributed by atoms with Crippen LogP contribution in [-0.2, 0) is 4.79 Å². The van der Waals surface area contributed by atoms with Gasteiger partial charge in [-0.2, -0.15) is 0 Å². The standard InChI is InChI=1S/C14H19NO5/c1-20-12-5-2-11(3-6-12)4-7-13(19)15-14(8-16,9-17)10-18/h2-7,16-18H,8-10H2,1H3,(H,15,19). The highest BCUT2D eigenvalue weighted by atomic mass is 16.5. The Hall–Kier alpha value is -1.89. The number of amides is 1. The van der Waals surface area contributed by atoms with Crippen molar-refractivity contribution in [2.45, 2.75) is 5.54 Å². The van der Waals surface area contributed by atoms with Gasteiger partial charge in [-0.05, 0) is 23.8 Å². The van der Waals surface area contributed by atoms with Crippen LogP contribution in [0, 0.1) is 0 Å². The van der Waals surface area contributed by atoms with Crippen molar-refractivity contribution in [1.29, 1.82) is 0 Å². The predicted molar refractivity (Wildman–Crippen MR) is 74.2 cm³/mol. The molecule has 6 heteroatoms. The van der Waals surface area contributed by atoms with Crippen molar-refractivity contribution in [2.75, 3.05) is 26.9 Å². The molecular formula is C14H19NO5. The van der Waals surface area contributed by atoms with Gasteiger partial charge in [0.05, 0.1) is 26.9 Å². The number of hydrogen-bond acceptors (Lipinski definition) is 5. The van der Waals surface area contributed by atoms with Crippen LogP contribution in [0.25, 0.3) is 6.08 Å². The van der Waals surface area contributed by atoms with E-state index in [9.17, 15) is 4.79 Å². The zero-order valence-electron chi connectivity index (χ0n) is 11.2. The zero-order valence-corrected chi connectivity index (χ0v) is 11.2. The number of ether oxygens (including phenoxy) is 1. The molecule has 0 atom stereocenters. The number of hydrogen-bond donors (Lipinski definition) is 4. The maximum atomic E-state index is 11.7. The second kappa shape index (κ2) is 7.64. The summed E-state index contributed by atoms with van der Waals surface area (Å²) in [5, 5.41) is 29.7. The molecule has 0 aliphatic heterocycles. The Morgan fingerprint density at radius 1 is 1.20 bits per heavy atom. The monoisotopic (exact) mass is 281 g/mol. The Kier molecular flexibility index (Phi) is 6.17. The van der Waals surface area contributed by atoms with Crippen molar-refractivity contribution in [3.63, 3.8) is 0 Å². The minimum atomic E-state index is -1.42. The number of methoxy groups -OCH3 is 1. The molecule has 1 rings (SSSR count). The summed E-state index contributed by atoms with van der Waals surface area (Å²) in [5.41, 5.74) is -0.620. The van der Waals surface area contributed by atoms with Gasteiger partial charge in [0, 0.05) is 6.08 Å². The van der Waals surface area contributed by atoms with E-state index in [1.165, 1.54) is 6.08 Å². The summed E-state index contributed by atoms with van der Waals surface area (Å²) in [6.07, 6.45) is 2.84. The second-order valence-corrected chi connectivity index (χ2v) is 4.35. The summed E-state index contributed by atoms with van der Waals surface area (Å²) >= 11 is 0. The fourth-order valence-corrected chi connectivity index (χ4v) is 1.46. The third-order valence-electron chi connectivity index (χ3n) is 2.84. The zero-order chi connectivity index (χ0) is 15.0. The van der Waals surface area contributed by atoms with Gasteiger partial charge in [0.1, 0.15) is 11.3 Å². The van der Waals surface area contributed by atoms with Gasteiger partial charge in [0.2, 0.25) is 5.91 Å². The lowest BCUT2D eigenvalue weighted by Crippen LogP contribution is -2.56. The predicted octanol–water partition coefficient (Wildman–Crippen LogP) is -0.460. The lowest BCUT2D eigenvalue weighted by atomic mass is 10.0. The van der Waals surface area contributed by atoms with Crippen molar-refractivity contribution in [1.82, 2.24) is 5.32 Å². The average molecular weight is 281 g/mol. The highest BCUT2D eigenvalue weighted by Gasteiger charge is 2.29. The van der Waals surface area contributed by atoms with Gasteiger partial charge in [-0.3, -0.25) is 4.79 Å². The molecule has 1 amide bonds. The van der Waals surface area contributed by atoms with Crippen molar-refractivity contribution in [3.05, 3.63) is 35.9 Å². The number of benzene rings is 1. The molecule has 0 radical (unpaired) electrons. The molecule has 0 unspecified atom stereocenters. The Morgan fingerprint density at radius 2 is 1.75 bits per heavy atom. The Labute approximate surface area is 117 Å². The van der Waals surface area contributed by atoms with E-state index in [4.69, 9.17) is 20.1 Å². The first-order chi connectivity index (χ1) is 9.59. The molecule has 0 fully saturated rings. The number of rotatable bonds is 7. The normalized spacial score (nSPS) is 11.6. The minimum Gasteiger partial charge on any atom is -0.497 e. The quantitative estimate of drug-likeness (QED) is 0.507. The van der Waals surface area contributed by atoms with Gasteiger partial charge in [-0.25, -0.2) is 0 Å². The van der Waals surface area contributed by atoms with Gasteiger partial charge in [-0.1, -0.05) is 12.1 Å². The summed E-state index contributed by atoms with van der Waals surface area (Å²) in [6, 6.07) is 7.08. The Bertz CT molecular complexity index is 443. The van der Waals surface area contributed by atoms with E-state index >= 15 is 0 Å². The molecule has 0 aliphatic carbocycles. The van der Waals surface area contributed by atoms with Crippen molar-refractivity contribution >= 4 is 12.0 Å². The molecule has 20 heavy (non-hydrogen) atoms. The van der Waals surface area contributed by atoms with Crippen LogP contribution < -0.4 is 10.1 Å². The highest BCUT2D eigenvalue weighted by Crippen LogP contribution is 2.12. The van der Waals surface area contributed by atoms with Gasteiger partial charge in [0.15, 0.2) is 0 Å². The molecule has 1 aromatic rings. The Balaban J connectivity index is 2.67. The fourth-order valence-electron chi connectivity index (χ4n) is 1.46. The fraction of sp³-hybridized carbons (Fsp3) is 0.357. The molecule has 6 nitrogen and oxygen atoms in total. The molecule has 0 heterocycles. The van der Waals surface area contributed by atoms with E-state index in [1.807, 2.05) is 0 Å². The number of nitrogens with one attached hydrogen (secondary N) is 1. The van der Waals surface area contributed by atoms with Crippen molar-refractivity contribution in [3.8, 4) is 5.75 Å². The van der Waals surface area contributed by atoms with Crippen LogP contribution >= 0.6 is 0 Å². The summed E-state index contributed by atoms with van der Waals surface area (Å²) in [4.78, 5) is 11.7. The maximum Gasteiger partial charge on any atom is 0.244 e. The maximum absolute atomic E-state index is 11.7. The molecule has 0 bridgehead atoms. The molecule has 0 spiro atoms. The van der Waals surface area contributed by atoms with Crippen molar-refractivity contribution in [2.24, 2.45) is 0 Å². The second-order valence-electron chi connectivity index (χ2n) is 4.35. The summed E-state index contributed by atoms with van der Waals surface area (Å²) in [7, 11) is 1.57. The molecule has 0 saturated carbocycles. The average Bonchev–Trinajstić information content (AvgIpc) is 2.51. The number of carbonyl (C=O) groups excluding carboxylic acids is 1. The summed E-state index contributed by atoms with van der Waals surface area (Å²) < 4.78 is 5.02. The van der Waals surface area contributed by atoms with Crippen LogP contribution in [-0.4, -0.2) is 53.7 Å². The third kappa shape index (κ3) is 4.34. The molecule has 1 aromatic carbocycles. The van der Waals surface area contributed by atoms with Gasteiger partial charge < -0.3 is 25.4 Å². The van der Waals surface area contributed by atoms with Crippen LogP contribution in [0.3, 0.4) is 0 Å². The van der Waals surface area contributed by atoms with Crippen LogP contribution in [0.15, 0.2) is 30.3 Å². The van der Waals surface area contributed by atoms with Gasteiger partial charge in [-0.15, -0.1) is 0 Å². The first kappa shape index (κ1) is 16.2. The first-order valence-electron chi connectivity index (χ1n) is 6.06. The van der Waals surface area contributed by atoms with Crippen LogP contribution in [0.2, 0.25) is 0 Å². The van der Waals surface area contributed by atoms with E-state index in [0.29, 0.717) is 5.75 Å². The van der Waals surface area contributed by atoms with Crippen LogP contribution in [0.5, 0.6) is 5.75 Å². The van der Waals surface area contributed by atoms with E-state index in [-0.39, 0.29) is 0 Å². The van der Waals surface area contributed by atoms with E-state index < -0.39 is 31.3 Å².